The molecular formula is C25H28FN5OS. The van der Waals surface area contributed by atoms with Gasteiger partial charge in [0.15, 0.2) is 0 Å². The van der Waals surface area contributed by atoms with Crippen LogP contribution in [0.1, 0.15) is 28.7 Å². The van der Waals surface area contributed by atoms with Crippen molar-refractivity contribution in [1.82, 2.24) is 19.8 Å². The highest BCUT2D eigenvalue weighted by molar-refractivity contribution is 7.09. The van der Waals surface area contributed by atoms with Crippen LogP contribution in [0.4, 0.5) is 10.2 Å². The molecular weight excluding hydrogens is 437 g/mol. The van der Waals surface area contributed by atoms with Gasteiger partial charge in [0.2, 0.25) is 5.91 Å². The fraction of sp³-hybridized carbons (Fsp3) is 0.400. The van der Waals surface area contributed by atoms with Crippen LogP contribution in [0.15, 0.2) is 54.0 Å². The van der Waals surface area contributed by atoms with Gasteiger partial charge in [0.05, 0.1) is 16.6 Å². The summed E-state index contributed by atoms with van der Waals surface area (Å²) in [5.41, 5.74) is 2.08. The average molecular weight is 466 g/mol. The van der Waals surface area contributed by atoms with Gasteiger partial charge in [0.25, 0.3) is 0 Å². The number of amides is 1. The number of benzene rings is 1. The Labute approximate surface area is 197 Å². The highest BCUT2D eigenvalue weighted by Crippen LogP contribution is 2.37. The molecule has 0 radical (unpaired) electrons. The quantitative estimate of drug-likeness (QED) is 0.572. The van der Waals surface area contributed by atoms with Crippen LogP contribution < -0.4 is 4.90 Å². The van der Waals surface area contributed by atoms with Crippen molar-refractivity contribution in [3.05, 3.63) is 76.1 Å². The number of hydrogen-bond donors (Lipinski definition) is 0. The molecule has 0 aliphatic carbocycles. The Kier molecular flexibility index (Phi) is 6.37. The van der Waals surface area contributed by atoms with E-state index >= 15 is 0 Å². The number of rotatable bonds is 5. The second-order valence-electron chi connectivity index (χ2n) is 8.79. The zero-order valence-electron chi connectivity index (χ0n) is 18.7. The predicted molar refractivity (Wildman–Crippen MR) is 128 cm³/mol. The van der Waals surface area contributed by atoms with Crippen molar-refractivity contribution in [2.75, 3.05) is 37.6 Å². The fourth-order valence-electron chi connectivity index (χ4n) is 4.93. The summed E-state index contributed by atoms with van der Waals surface area (Å²) in [7, 11) is 0. The van der Waals surface area contributed by atoms with Gasteiger partial charge >= 0.3 is 0 Å². The lowest BCUT2D eigenvalue weighted by molar-refractivity contribution is -0.135. The van der Waals surface area contributed by atoms with Crippen molar-refractivity contribution in [3.63, 3.8) is 0 Å². The molecule has 33 heavy (non-hydrogen) atoms. The minimum Gasteiger partial charge on any atom is -0.353 e. The van der Waals surface area contributed by atoms with Gasteiger partial charge in [-0.3, -0.25) is 9.69 Å². The first-order chi connectivity index (χ1) is 16.1. The molecule has 8 heteroatoms. The molecule has 0 N–H and O–H groups in total. The maximum atomic E-state index is 13.5. The van der Waals surface area contributed by atoms with E-state index in [1.165, 1.54) is 12.1 Å². The molecule has 2 saturated heterocycles. The zero-order valence-corrected chi connectivity index (χ0v) is 19.5. The number of carbonyl (C=O) groups excluding carboxylic acids is 1. The summed E-state index contributed by atoms with van der Waals surface area (Å²) in [6.45, 7) is 6.39. The number of likely N-dealkylation sites (tertiary alicyclic amines) is 1. The van der Waals surface area contributed by atoms with Crippen molar-refractivity contribution in [2.24, 2.45) is 5.92 Å². The molecule has 2 aliphatic rings. The first-order valence-corrected chi connectivity index (χ1v) is 12.3. The molecule has 172 valence electrons. The molecule has 2 aliphatic heterocycles. The molecule has 0 spiro atoms. The lowest BCUT2D eigenvalue weighted by Crippen LogP contribution is -2.50. The zero-order chi connectivity index (χ0) is 22.8. The molecule has 0 bridgehead atoms. The lowest BCUT2D eigenvalue weighted by atomic mass is 9.98. The number of pyridine rings is 1. The third kappa shape index (κ3) is 4.91. The van der Waals surface area contributed by atoms with Crippen molar-refractivity contribution in [1.29, 1.82) is 0 Å². The number of thiazole rings is 1. The van der Waals surface area contributed by atoms with Gasteiger partial charge in [-0.15, -0.1) is 11.3 Å². The van der Waals surface area contributed by atoms with Crippen molar-refractivity contribution in [3.8, 4) is 0 Å². The standard InChI is InChI=1S/C25H28FN5OS/c1-18-28-22(17-33-18)16-31-15-20(14-23(31)19-5-7-21(26)8-6-19)25(32)30-12-10-29(11-13-30)24-4-2-3-9-27-24/h2-9,17,20,23H,10-16H2,1H3/t20-,23-/m1/s1. The number of aromatic nitrogens is 2. The van der Waals surface area contributed by atoms with Gasteiger partial charge in [-0.1, -0.05) is 18.2 Å². The van der Waals surface area contributed by atoms with Gasteiger partial charge < -0.3 is 9.80 Å². The molecule has 2 aromatic heterocycles. The third-order valence-electron chi connectivity index (χ3n) is 6.60. The maximum absolute atomic E-state index is 13.5. The van der Waals surface area contributed by atoms with Crippen LogP contribution in [-0.2, 0) is 11.3 Å². The number of aryl methyl sites for hydroxylation is 1. The monoisotopic (exact) mass is 465 g/mol. The second kappa shape index (κ2) is 9.57. The predicted octanol–water partition coefficient (Wildman–Crippen LogP) is 3.90. The SMILES string of the molecule is Cc1nc(CN2C[C@H](C(=O)N3CCN(c4ccccn4)CC3)C[C@@H]2c2ccc(F)cc2)cs1. The number of anilines is 1. The van der Waals surface area contributed by atoms with Gasteiger partial charge in [-0.2, -0.15) is 0 Å². The summed E-state index contributed by atoms with van der Waals surface area (Å²) in [4.78, 5) is 29.1. The van der Waals surface area contributed by atoms with Crippen LogP contribution in [0.25, 0.3) is 0 Å². The molecule has 1 amide bonds. The Morgan fingerprint density at radius 1 is 1.12 bits per heavy atom. The number of halogens is 1. The Balaban J connectivity index is 1.27. The summed E-state index contributed by atoms with van der Waals surface area (Å²) >= 11 is 1.64. The van der Waals surface area contributed by atoms with Gasteiger partial charge in [0, 0.05) is 56.9 Å². The van der Waals surface area contributed by atoms with Crippen LogP contribution >= 0.6 is 11.3 Å². The van der Waals surface area contributed by atoms with E-state index in [2.05, 4.69) is 25.1 Å². The van der Waals surface area contributed by atoms with Crippen molar-refractivity contribution < 1.29 is 9.18 Å². The average Bonchev–Trinajstić information content (AvgIpc) is 3.46. The Hall–Kier alpha value is -2.84. The van der Waals surface area contributed by atoms with E-state index in [9.17, 15) is 9.18 Å². The first-order valence-electron chi connectivity index (χ1n) is 11.4. The molecule has 1 aromatic carbocycles. The summed E-state index contributed by atoms with van der Waals surface area (Å²) in [5, 5.41) is 3.13. The topological polar surface area (TPSA) is 52.6 Å². The minimum atomic E-state index is -0.239. The lowest BCUT2D eigenvalue weighted by Gasteiger charge is -2.36. The molecule has 2 atom stereocenters. The van der Waals surface area contributed by atoms with E-state index in [1.807, 2.05) is 42.2 Å². The van der Waals surface area contributed by atoms with Crippen LogP contribution in [0, 0.1) is 18.7 Å². The Morgan fingerprint density at radius 2 is 1.91 bits per heavy atom. The van der Waals surface area contributed by atoms with Gasteiger partial charge in [-0.25, -0.2) is 14.4 Å². The number of hydrogen-bond acceptors (Lipinski definition) is 6. The van der Waals surface area contributed by atoms with E-state index in [1.54, 1.807) is 17.5 Å². The highest BCUT2D eigenvalue weighted by Gasteiger charge is 2.39. The third-order valence-corrected chi connectivity index (χ3v) is 7.43. The minimum absolute atomic E-state index is 0.0683. The van der Waals surface area contributed by atoms with E-state index in [-0.39, 0.29) is 23.7 Å². The van der Waals surface area contributed by atoms with Crippen molar-refractivity contribution >= 4 is 23.1 Å². The summed E-state index contributed by atoms with van der Waals surface area (Å²) in [6.07, 6.45) is 2.55. The Bertz CT molecular complexity index is 1080. The number of carbonyl (C=O) groups is 1. The smallest absolute Gasteiger partial charge is 0.227 e. The molecule has 6 nitrogen and oxygen atoms in total. The van der Waals surface area contributed by atoms with Crippen LogP contribution in [0.5, 0.6) is 0 Å². The maximum Gasteiger partial charge on any atom is 0.227 e. The largest absolute Gasteiger partial charge is 0.353 e. The highest BCUT2D eigenvalue weighted by atomic mass is 32.1. The van der Waals surface area contributed by atoms with Crippen LogP contribution in [0.2, 0.25) is 0 Å². The normalized spacial score (nSPS) is 21.5. The molecule has 4 heterocycles. The van der Waals surface area contributed by atoms with Gasteiger partial charge in [0.1, 0.15) is 11.6 Å². The molecule has 5 rings (SSSR count). The molecule has 0 unspecified atom stereocenters. The summed E-state index contributed by atoms with van der Waals surface area (Å²) in [5.74, 6) is 0.879. The van der Waals surface area contributed by atoms with Crippen LogP contribution in [0.3, 0.4) is 0 Å². The van der Waals surface area contributed by atoms with E-state index in [4.69, 9.17) is 0 Å². The van der Waals surface area contributed by atoms with E-state index in [0.29, 0.717) is 26.2 Å². The summed E-state index contributed by atoms with van der Waals surface area (Å²) < 4.78 is 13.5. The second-order valence-corrected chi connectivity index (χ2v) is 9.85. The van der Waals surface area contributed by atoms with E-state index < -0.39 is 0 Å². The number of nitrogens with zero attached hydrogens (tertiary/aromatic N) is 5. The Morgan fingerprint density at radius 3 is 2.58 bits per heavy atom. The first kappa shape index (κ1) is 22.0. The fourth-order valence-corrected chi connectivity index (χ4v) is 5.54. The van der Waals surface area contributed by atoms with Crippen LogP contribution in [-0.4, -0.2) is 58.4 Å². The van der Waals surface area contributed by atoms with Crippen molar-refractivity contribution in [2.45, 2.75) is 25.9 Å². The molecule has 3 aromatic rings. The molecule has 2 fully saturated rings. The van der Waals surface area contributed by atoms with E-state index in [0.717, 1.165) is 41.6 Å². The van der Waals surface area contributed by atoms with Gasteiger partial charge in [-0.05, 0) is 43.2 Å². The molecule has 0 saturated carbocycles. The summed E-state index contributed by atoms with van der Waals surface area (Å²) in [6, 6.07) is 12.7. The number of piperazine rings is 1.